The van der Waals surface area contributed by atoms with Gasteiger partial charge in [-0.15, -0.1) is 0 Å². The Kier molecular flexibility index (Phi) is 2.66. The second-order valence-electron chi connectivity index (χ2n) is 3.77. The quantitative estimate of drug-likeness (QED) is 0.631. The van der Waals surface area contributed by atoms with E-state index in [9.17, 15) is 8.71 Å². The molecule has 0 bridgehead atoms. The number of nitrogens with zero attached hydrogens (tertiary/aromatic N) is 3. The Balaban J connectivity index is 2.29. The van der Waals surface area contributed by atoms with E-state index in [1.165, 1.54) is 6.20 Å². The highest BCUT2D eigenvalue weighted by Gasteiger charge is 2.44. The van der Waals surface area contributed by atoms with Crippen molar-refractivity contribution in [3.05, 3.63) is 12.0 Å². The summed E-state index contributed by atoms with van der Waals surface area (Å²) in [6.45, 7) is 2.03. The van der Waals surface area contributed by atoms with E-state index in [4.69, 9.17) is 0 Å². The van der Waals surface area contributed by atoms with E-state index in [1.807, 2.05) is 6.92 Å². The van der Waals surface area contributed by atoms with Crippen LogP contribution in [0.1, 0.15) is 26.2 Å². The number of hydrogen-bond acceptors (Lipinski definition) is 3. The molecular weight excluding hydrogens is 219 g/mol. The summed E-state index contributed by atoms with van der Waals surface area (Å²) in [5.41, 5.74) is -0.0516. The molecule has 0 unspecified atom stereocenters. The van der Waals surface area contributed by atoms with Gasteiger partial charge in [-0.1, -0.05) is 19.7 Å². The summed E-state index contributed by atoms with van der Waals surface area (Å²) in [7, 11) is 0.171. The molecule has 1 saturated carbocycles. The lowest BCUT2D eigenvalue weighted by atomic mass is 10.2. The third kappa shape index (κ3) is 1.73. The van der Waals surface area contributed by atoms with Crippen LogP contribution in [0.2, 0.25) is 0 Å². The van der Waals surface area contributed by atoms with Gasteiger partial charge in [0.1, 0.15) is 0 Å². The van der Waals surface area contributed by atoms with Crippen LogP contribution in [-0.4, -0.2) is 17.5 Å². The standard InChI is InChI=1S/C8H11BF2N3S/c1-2-8(3-4-8)13-5-6(10)7(12-13)14(15)9-11/h5,15H,2-4H2,1H3. The third-order valence-corrected chi connectivity index (χ3v) is 3.21. The molecule has 1 aromatic heterocycles. The molecule has 1 aliphatic rings. The van der Waals surface area contributed by atoms with E-state index in [0.717, 1.165) is 23.5 Å². The van der Waals surface area contributed by atoms with Crippen LogP contribution in [0.15, 0.2) is 6.20 Å². The van der Waals surface area contributed by atoms with Gasteiger partial charge >= 0.3 is 7.69 Å². The highest BCUT2D eigenvalue weighted by atomic mass is 32.1. The van der Waals surface area contributed by atoms with Crippen LogP contribution in [0.5, 0.6) is 0 Å². The van der Waals surface area contributed by atoms with E-state index < -0.39 is 5.82 Å². The van der Waals surface area contributed by atoms with Gasteiger partial charge in [0.25, 0.3) is 0 Å². The van der Waals surface area contributed by atoms with Crippen LogP contribution >= 0.6 is 12.8 Å². The minimum Gasteiger partial charge on any atom is -0.315 e. The Bertz CT molecular complexity index is 367. The molecule has 0 N–H and O–H groups in total. The normalized spacial score (nSPS) is 17.6. The summed E-state index contributed by atoms with van der Waals surface area (Å²) in [4.78, 5) is 0. The van der Waals surface area contributed by atoms with Crippen LogP contribution in [0.25, 0.3) is 0 Å². The first-order valence-electron chi connectivity index (χ1n) is 4.80. The maximum Gasteiger partial charge on any atom is 0.502 e. The minimum atomic E-state index is -0.557. The van der Waals surface area contributed by atoms with Gasteiger partial charge < -0.3 is 8.53 Å². The van der Waals surface area contributed by atoms with Gasteiger partial charge in [-0.2, -0.15) is 5.10 Å². The minimum absolute atomic E-state index is 0.0516. The summed E-state index contributed by atoms with van der Waals surface area (Å²) in [6, 6.07) is 0. The van der Waals surface area contributed by atoms with Gasteiger partial charge in [0.15, 0.2) is 11.6 Å². The van der Waals surface area contributed by atoms with Crippen molar-refractivity contribution < 1.29 is 8.71 Å². The van der Waals surface area contributed by atoms with Gasteiger partial charge in [-0.3, -0.25) is 4.68 Å². The largest absolute Gasteiger partial charge is 0.502 e. The van der Waals surface area contributed by atoms with Gasteiger partial charge in [0.05, 0.1) is 11.7 Å². The Hall–Kier alpha value is -0.715. The molecule has 3 nitrogen and oxygen atoms in total. The fraction of sp³-hybridized carbons (Fsp3) is 0.625. The van der Waals surface area contributed by atoms with Gasteiger partial charge in [-0.25, -0.2) is 4.39 Å². The van der Waals surface area contributed by atoms with Crippen molar-refractivity contribution in [2.45, 2.75) is 31.7 Å². The molecule has 81 valence electrons. The first kappa shape index (κ1) is 10.8. The zero-order valence-electron chi connectivity index (χ0n) is 8.32. The molecule has 0 aliphatic heterocycles. The molecule has 0 aromatic carbocycles. The topological polar surface area (TPSA) is 21.1 Å². The second-order valence-corrected chi connectivity index (χ2v) is 4.20. The van der Waals surface area contributed by atoms with E-state index in [0.29, 0.717) is 0 Å². The lowest BCUT2D eigenvalue weighted by Crippen LogP contribution is -2.18. The molecule has 0 atom stereocenters. The monoisotopic (exact) mass is 230 g/mol. The third-order valence-electron chi connectivity index (χ3n) is 2.93. The average molecular weight is 230 g/mol. The molecule has 2 rings (SSSR count). The van der Waals surface area contributed by atoms with Crippen molar-refractivity contribution in [3.63, 3.8) is 0 Å². The maximum absolute atomic E-state index is 13.4. The van der Waals surface area contributed by atoms with Crippen LogP contribution < -0.4 is 4.22 Å². The van der Waals surface area contributed by atoms with Crippen LogP contribution in [-0.2, 0) is 5.54 Å². The molecule has 0 spiro atoms. The lowest BCUT2D eigenvalue weighted by Gasteiger charge is -2.13. The number of halogens is 2. The molecule has 0 saturated heterocycles. The van der Waals surface area contributed by atoms with Gasteiger partial charge in [0, 0.05) is 0 Å². The van der Waals surface area contributed by atoms with Crippen LogP contribution in [0.4, 0.5) is 14.5 Å². The molecule has 1 aliphatic carbocycles. The SMILES string of the molecule is CCC1(n2cc(F)c(N(S)[B]F)n2)CC1. The number of aromatic nitrogens is 2. The molecule has 15 heavy (non-hydrogen) atoms. The first-order chi connectivity index (χ1) is 7.13. The lowest BCUT2D eigenvalue weighted by molar-refractivity contribution is 0.416. The highest BCUT2D eigenvalue weighted by molar-refractivity contribution is 7.83. The molecule has 0 amide bonds. The maximum atomic E-state index is 13.4. The number of hydrogen-bond donors (Lipinski definition) is 1. The van der Waals surface area contributed by atoms with Crippen molar-refractivity contribution >= 4 is 26.3 Å². The number of thiol groups is 1. The number of anilines is 1. The summed E-state index contributed by atoms with van der Waals surface area (Å²) >= 11 is 3.73. The van der Waals surface area contributed by atoms with Crippen molar-refractivity contribution in [2.75, 3.05) is 4.22 Å². The second kappa shape index (κ2) is 3.70. The molecule has 1 radical (unpaired) electrons. The van der Waals surface area contributed by atoms with Crippen molar-refractivity contribution in [1.29, 1.82) is 0 Å². The predicted octanol–water partition coefficient (Wildman–Crippen LogP) is 2.08. The Morgan fingerprint density at radius 3 is 2.87 bits per heavy atom. The summed E-state index contributed by atoms with van der Waals surface area (Å²) in [5.74, 6) is -0.654. The van der Waals surface area contributed by atoms with Gasteiger partial charge in [-0.05, 0) is 19.3 Å². The molecular formula is C8H11BF2N3S. The van der Waals surface area contributed by atoms with Gasteiger partial charge in [0.2, 0.25) is 0 Å². The van der Waals surface area contributed by atoms with E-state index in [-0.39, 0.29) is 19.0 Å². The smallest absolute Gasteiger partial charge is 0.315 e. The highest BCUT2D eigenvalue weighted by Crippen LogP contribution is 2.46. The fourth-order valence-corrected chi connectivity index (χ4v) is 1.81. The van der Waals surface area contributed by atoms with Crippen molar-refractivity contribution in [1.82, 2.24) is 9.78 Å². The van der Waals surface area contributed by atoms with E-state index in [1.54, 1.807) is 4.68 Å². The molecule has 7 heteroatoms. The van der Waals surface area contributed by atoms with Crippen molar-refractivity contribution in [3.8, 4) is 0 Å². The predicted molar refractivity (Wildman–Crippen MR) is 58.0 cm³/mol. The Labute approximate surface area is 93.3 Å². The summed E-state index contributed by atoms with van der Waals surface area (Å²) < 4.78 is 27.9. The zero-order chi connectivity index (χ0) is 11.1. The molecule has 1 fully saturated rings. The van der Waals surface area contributed by atoms with E-state index in [2.05, 4.69) is 17.9 Å². The first-order valence-corrected chi connectivity index (χ1v) is 5.20. The Morgan fingerprint density at radius 2 is 2.40 bits per heavy atom. The van der Waals surface area contributed by atoms with Crippen LogP contribution in [0, 0.1) is 5.82 Å². The van der Waals surface area contributed by atoms with Crippen molar-refractivity contribution in [2.24, 2.45) is 0 Å². The Morgan fingerprint density at radius 1 is 1.73 bits per heavy atom. The summed E-state index contributed by atoms with van der Waals surface area (Å²) in [6.07, 6.45) is 4.20. The van der Waals surface area contributed by atoms with Crippen LogP contribution in [0.3, 0.4) is 0 Å². The summed E-state index contributed by atoms with van der Waals surface area (Å²) in [5, 5.41) is 4.01. The zero-order valence-corrected chi connectivity index (χ0v) is 9.22. The fourth-order valence-electron chi connectivity index (χ4n) is 1.68. The van der Waals surface area contributed by atoms with E-state index >= 15 is 0 Å². The molecule has 1 aromatic rings. The number of rotatable bonds is 4. The average Bonchev–Trinajstić information content (AvgIpc) is 2.96. The molecule has 1 heterocycles.